The number of aromatic nitrogens is 3. The molecule has 7 heteroatoms. The van der Waals surface area contributed by atoms with Crippen LogP contribution in [0.3, 0.4) is 0 Å². The van der Waals surface area contributed by atoms with Gasteiger partial charge in [0.05, 0.1) is 17.5 Å². The lowest BCUT2D eigenvalue weighted by molar-refractivity contribution is 0.0952. The quantitative estimate of drug-likeness (QED) is 0.314. The molecule has 0 atom stereocenters. The van der Waals surface area contributed by atoms with Crippen LogP contribution in [0.15, 0.2) is 103 Å². The Morgan fingerprint density at radius 2 is 1.73 bits per heavy atom. The van der Waals surface area contributed by atoms with E-state index < -0.39 is 5.91 Å². The van der Waals surface area contributed by atoms with Crippen molar-refractivity contribution in [2.24, 2.45) is 5.10 Å². The molecule has 2 aromatic heterocycles. The Labute approximate surface area is 189 Å². The molecule has 0 unspecified atom stereocenters. The Morgan fingerprint density at radius 1 is 0.970 bits per heavy atom. The first-order valence-electron chi connectivity index (χ1n) is 10.3. The summed E-state index contributed by atoms with van der Waals surface area (Å²) in [5, 5.41) is 20.8. The Bertz CT molecular complexity index is 1460. The molecular formula is C26H19N5O2. The van der Waals surface area contributed by atoms with Gasteiger partial charge >= 0.3 is 0 Å². The van der Waals surface area contributed by atoms with E-state index >= 15 is 0 Å². The molecule has 0 aliphatic carbocycles. The van der Waals surface area contributed by atoms with Crippen molar-refractivity contribution in [1.82, 2.24) is 20.2 Å². The minimum absolute atomic E-state index is 0.102. The number of nitrogens with zero attached hydrogens (tertiary/aromatic N) is 4. The predicted molar refractivity (Wildman–Crippen MR) is 127 cm³/mol. The largest absolute Gasteiger partial charge is 0.507 e. The van der Waals surface area contributed by atoms with Crippen molar-refractivity contribution < 1.29 is 9.90 Å². The van der Waals surface area contributed by atoms with Gasteiger partial charge in [-0.05, 0) is 47.2 Å². The number of benzene rings is 3. The molecule has 33 heavy (non-hydrogen) atoms. The molecule has 1 amide bonds. The summed E-state index contributed by atoms with van der Waals surface area (Å²) in [7, 11) is 0. The number of phenols is 1. The van der Waals surface area contributed by atoms with Gasteiger partial charge in [-0.3, -0.25) is 9.78 Å². The summed E-state index contributed by atoms with van der Waals surface area (Å²) in [6, 6.07) is 24.2. The highest BCUT2D eigenvalue weighted by Crippen LogP contribution is 2.25. The molecule has 0 aliphatic rings. The predicted octanol–water partition coefficient (Wildman–Crippen LogP) is 4.56. The van der Waals surface area contributed by atoms with Crippen molar-refractivity contribution in [3.63, 3.8) is 0 Å². The third-order valence-corrected chi connectivity index (χ3v) is 5.18. The number of hydrogen-bond donors (Lipinski definition) is 2. The van der Waals surface area contributed by atoms with E-state index in [-0.39, 0.29) is 11.3 Å². The van der Waals surface area contributed by atoms with Crippen molar-refractivity contribution in [2.45, 2.75) is 0 Å². The first kappa shape index (κ1) is 20.1. The minimum Gasteiger partial charge on any atom is -0.507 e. The van der Waals surface area contributed by atoms with Gasteiger partial charge in [0.1, 0.15) is 11.4 Å². The number of carbonyl (C=O) groups excluding carboxylic acids is 1. The lowest BCUT2D eigenvalue weighted by atomic mass is 10.1. The fourth-order valence-electron chi connectivity index (χ4n) is 3.55. The van der Waals surface area contributed by atoms with Crippen LogP contribution in [0.1, 0.15) is 15.9 Å². The Hall–Kier alpha value is -4.78. The number of nitrogens with one attached hydrogen (secondary N) is 1. The van der Waals surface area contributed by atoms with Crippen LogP contribution >= 0.6 is 0 Å². The smallest absolute Gasteiger partial charge is 0.275 e. The zero-order valence-electron chi connectivity index (χ0n) is 17.5. The van der Waals surface area contributed by atoms with E-state index in [1.807, 2.05) is 72.9 Å². The van der Waals surface area contributed by atoms with Crippen LogP contribution in [-0.4, -0.2) is 32.0 Å². The van der Waals surface area contributed by atoms with Crippen LogP contribution < -0.4 is 5.43 Å². The lowest BCUT2D eigenvalue weighted by Gasteiger charge is -2.05. The lowest BCUT2D eigenvalue weighted by Crippen LogP contribution is -2.17. The van der Waals surface area contributed by atoms with E-state index in [0.717, 1.165) is 22.0 Å². The van der Waals surface area contributed by atoms with Crippen molar-refractivity contribution in [3.8, 4) is 22.7 Å². The average molecular weight is 433 g/mol. The first-order valence-corrected chi connectivity index (χ1v) is 10.3. The van der Waals surface area contributed by atoms with Crippen LogP contribution in [0.4, 0.5) is 0 Å². The van der Waals surface area contributed by atoms with Crippen molar-refractivity contribution in [2.75, 3.05) is 0 Å². The second kappa shape index (κ2) is 8.76. The zero-order valence-corrected chi connectivity index (χ0v) is 17.5. The fourth-order valence-corrected chi connectivity index (χ4v) is 3.55. The van der Waals surface area contributed by atoms with Crippen LogP contribution in [-0.2, 0) is 0 Å². The van der Waals surface area contributed by atoms with Gasteiger partial charge in [0.25, 0.3) is 5.91 Å². The topological polar surface area (TPSA) is 92.4 Å². The van der Waals surface area contributed by atoms with E-state index in [1.54, 1.807) is 29.2 Å². The van der Waals surface area contributed by atoms with Crippen molar-refractivity contribution >= 4 is 22.9 Å². The molecule has 5 aromatic rings. The molecule has 7 nitrogen and oxygen atoms in total. The van der Waals surface area contributed by atoms with E-state index in [0.29, 0.717) is 11.3 Å². The fraction of sp³-hybridized carbons (Fsp3) is 0. The third kappa shape index (κ3) is 4.20. The SMILES string of the molecule is O=C(N/N=C/c1cn(-c2ccccc2)nc1-c1cccnc1)c1cc2ccccc2cc1O. The molecule has 3 aromatic carbocycles. The van der Waals surface area contributed by atoms with Crippen LogP contribution in [0.5, 0.6) is 5.75 Å². The van der Waals surface area contributed by atoms with Gasteiger partial charge in [-0.15, -0.1) is 0 Å². The van der Waals surface area contributed by atoms with Crippen LogP contribution in [0.2, 0.25) is 0 Å². The Kier molecular flexibility index (Phi) is 5.35. The monoisotopic (exact) mass is 433 g/mol. The zero-order chi connectivity index (χ0) is 22.6. The van der Waals surface area contributed by atoms with Gasteiger partial charge in [-0.1, -0.05) is 42.5 Å². The first-order chi connectivity index (χ1) is 16.2. The van der Waals surface area contributed by atoms with Gasteiger partial charge in [0.2, 0.25) is 0 Å². The summed E-state index contributed by atoms with van der Waals surface area (Å²) in [5.74, 6) is -0.609. The van der Waals surface area contributed by atoms with E-state index in [1.165, 1.54) is 6.21 Å². The molecule has 0 fully saturated rings. The Morgan fingerprint density at radius 3 is 2.48 bits per heavy atom. The number of rotatable bonds is 5. The molecule has 0 radical (unpaired) electrons. The maximum Gasteiger partial charge on any atom is 0.275 e. The summed E-state index contributed by atoms with van der Waals surface area (Å²) in [6.45, 7) is 0. The summed E-state index contributed by atoms with van der Waals surface area (Å²) < 4.78 is 1.75. The van der Waals surface area contributed by atoms with Crippen molar-refractivity contribution in [1.29, 1.82) is 0 Å². The average Bonchev–Trinajstić information content (AvgIpc) is 3.29. The number of carbonyl (C=O) groups is 1. The van der Waals surface area contributed by atoms with E-state index in [2.05, 4.69) is 20.6 Å². The van der Waals surface area contributed by atoms with Gasteiger partial charge < -0.3 is 5.11 Å². The number of para-hydroxylation sites is 1. The maximum atomic E-state index is 12.7. The second-order valence-electron chi connectivity index (χ2n) is 7.37. The van der Waals surface area contributed by atoms with Gasteiger partial charge in [-0.2, -0.15) is 10.2 Å². The standard InChI is InChI=1S/C26H19N5O2/c32-24-14-19-8-5-4-7-18(19)13-23(24)26(33)29-28-16-21-17-31(22-10-2-1-3-11-22)30-25(21)20-9-6-12-27-15-20/h1-17,32H,(H,29,33)/b28-16+. The van der Waals surface area contributed by atoms with Gasteiger partial charge in [-0.25, -0.2) is 10.1 Å². The van der Waals surface area contributed by atoms with Gasteiger partial charge in [0, 0.05) is 29.7 Å². The summed E-state index contributed by atoms with van der Waals surface area (Å²) in [4.78, 5) is 16.8. The summed E-state index contributed by atoms with van der Waals surface area (Å²) in [5.41, 5.74) is 5.75. The maximum absolute atomic E-state index is 12.7. The highest BCUT2D eigenvalue weighted by atomic mass is 16.3. The van der Waals surface area contributed by atoms with Crippen LogP contribution in [0.25, 0.3) is 27.7 Å². The number of pyridine rings is 1. The number of hydrogen-bond acceptors (Lipinski definition) is 5. The molecule has 0 saturated carbocycles. The number of fused-ring (bicyclic) bond motifs is 1. The molecule has 5 rings (SSSR count). The highest BCUT2D eigenvalue weighted by Gasteiger charge is 2.13. The number of hydrazone groups is 1. The molecule has 0 aliphatic heterocycles. The van der Waals surface area contributed by atoms with Gasteiger partial charge in [0.15, 0.2) is 0 Å². The molecule has 2 N–H and O–H groups in total. The van der Waals surface area contributed by atoms with E-state index in [4.69, 9.17) is 0 Å². The minimum atomic E-state index is -0.507. The number of amides is 1. The molecule has 0 bridgehead atoms. The summed E-state index contributed by atoms with van der Waals surface area (Å²) >= 11 is 0. The number of phenolic OH excluding ortho intramolecular Hbond substituents is 1. The molecular weight excluding hydrogens is 414 g/mol. The molecule has 2 heterocycles. The number of aromatic hydroxyl groups is 1. The van der Waals surface area contributed by atoms with Crippen molar-refractivity contribution in [3.05, 3.63) is 109 Å². The van der Waals surface area contributed by atoms with E-state index in [9.17, 15) is 9.90 Å². The summed E-state index contributed by atoms with van der Waals surface area (Å²) in [6.07, 6.45) is 6.79. The van der Waals surface area contributed by atoms with Crippen LogP contribution in [0, 0.1) is 0 Å². The molecule has 0 spiro atoms. The normalized spacial score (nSPS) is 11.2. The second-order valence-corrected chi connectivity index (χ2v) is 7.37. The molecule has 160 valence electrons. The highest BCUT2D eigenvalue weighted by molar-refractivity contribution is 6.02. The molecule has 0 saturated heterocycles. The Balaban J connectivity index is 1.44. The third-order valence-electron chi connectivity index (χ3n) is 5.18.